The summed E-state index contributed by atoms with van der Waals surface area (Å²) in [6.07, 6.45) is 2.59. The summed E-state index contributed by atoms with van der Waals surface area (Å²) in [5.41, 5.74) is 0. The van der Waals surface area contributed by atoms with Gasteiger partial charge < -0.3 is 5.32 Å². The molecule has 2 rings (SSSR count). The Morgan fingerprint density at radius 2 is 2.29 bits per heavy atom. The molecule has 2 atom stereocenters. The molecule has 0 spiro atoms. The number of thiophene rings is 1. The topological polar surface area (TPSA) is 12.0 Å². The van der Waals surface area contributed by atoms with Gasteiger partial charge in [-0.25, -0.2) is 0 Å². The first-order valence-electron chi connectivity index (χ1n) is 5.64. The molecule has 1 N–H and O–H groups in total. The molecule has 1 nitrogen and oxygen atoms in total. The SMILES string of the molecule is CCNCC1CC1c1ccc(CC)s1. The van der Waals surface area contributed by atoms with E-state index < -0.39 is 0 Å². The van der Waals surface area contributed by atoms with Crippen LogP contribution in [0.1, 0.15) is 35.9 Å². The number of nitrogens with one attached hydrogen (secondary N) is 1. The molecule has 0 saturated heterocycles. The Balaban J connectivity index is 1.86. The summed E-state index contributed by atoms with van der Waals surface area (Å²) in [5.74, 6) is 1.79. The second-order valence-electron chi connectivity index (χ2n) is 4.07. The number of hydrogen-bond donors (Lipinski definition) is 1. The van der Waals surface area contributed by atoms with Crippen LogP contribution in [-0.4, -0.2) is 13.1 Å². The maximum Gasteiger partial charge on any atom is 0.00825 e. The van der Waals surface area contributed by atoms with Crippen LogP contribution in [0.5, 0.6) is 0 Å². The monoisotopic (exact) mass is 209 g/mol. The van der Waals surface area contributed by atoms with E-state index in [9.17, 15) is 0 Å². The fourth-order valence-electron chi connectivity index (χ4n) is 1.94. The van der Waals surface area contributed by atoms with Crippen LogP contribution in [-0.2, 0) is 6.42 Å². The fourth-order valence-corrected chi connectivity index (χ4v) is 3.09. The van der Waals surface area contributed by atoms with Crippen molar-refractivity contribution in [1.82, 2.24) is 5.32 Å². The largest absolute Gasteiger partial charge is 0.317 e. The van der Waals surface area contributed by atoms with E-state index in [2.05, 4.69) is 31.3 Å². The minimum absolute atomic E-state index is 0.874. The van der Waals surface area contributed by atoms with Crippen molar-refractivity contribution in [3.8, 4) is 0 Å². The van der Waals surface area contributed by atoms with Gasteiger partial charge in [0.15, 0.2) is 0 Å². The first-order chi connectivity index (χ1) is 6.85. The third-order valence-electron chi connectivity index (χ3n) is 2.98. The summed E-state index contributed by atoms with van der Waals surface area (Å²) >= 11 is 2.01. The van der Waals surface area contributed by atoms with Gasteiger partial charge in [0.2, 0.25) is 0 Å². The molecule has 1 fully saturated rings. The second kappa shape index (κ2) is 4.45. The molecule has 0 aliphatic heterocycles. The Hall–Kier alpha value is -0.340. The summed E-state index contributed by atoms with van der Waals surface area (Å²) in [7, 11) is 0. The Kier molecular flexibility index (Phi) is 3.24. The van der Waals surface area contributed by atoms with E-state index in [0.717, 1.165) is 18.4 Å². The number of hydrogen-bond acceptors (Lipinski definition) is 2. The van der Waals surface area contributed by atoms with E-state index in [1.165, 1.54) is 24.3 Å². The quantitative estimate of drug-likeness (QED) is 0.786. The maximum atomic E-state index is 3.44. The van der Waals surface area contributed by atoms with Gasteiger partial charge in [-0.05, 0) is 49.9 Å². The first kappa shape index (κ1) is 10.2. The van der Waals surface area contributed by atoms with Gasteiger partial charge >= 0.3 is 0 Å². The molecule has 14 heavy (non-hydrogen) atoms. The van der Waals surface area contributed by atoms with E-state index in [1.54, 1.807) is 4.88 Å². The highest BCUT2D eigenvalue weighted by Crippen LogP contribution is 2.49. The van der Waals surface area contributed by atoms with E-state index in [-0.39, 0.29) is 0 Å². The molecule has 1 aliphatic rings. The van der Waals surface area contributed by atoms with Crippen molar-refractivity contribution < 1.29 is 0 Å². The van der Waals surface area contributed by atoms with Crippen LogP contribution in [0.25, 0.3) is 0 Å². The first-order valence-corrected chi connectivity index (χ1v) is 6.46. The molecule has 1 saturated carbocycles. The van der Waals surface area contributed by atoms with Crippen molar-refractivity contribution in [2.45, 2.75) is 32.6 Å². The highest BCUT2D eigenvalue weighted by molar-refractivity contribution is 7.12. The van der Waals surface area contributed by atoms with Crippen LogP contribution < -0.4 is 5.32 Å². The predicted octanol–water partition coefficient (Wildman–Crippen LogP) is 3.02. The molecule has 78 valence electrons. The van der Waals surface area contributed by atoms with Crippen LogP contribution in [0.2, 0.25) is 0 Å². The highest BCUT2D eigenvalue weighted by atomic mass is 32.1. The summed E-state index contributed by atoms with van der Waals surface area (Å²) < 4.78 is 0. The van der Waals surface area contributed by atoms with Crippen LogP contribution in [0.4, 0.5) is 0 Å². The molecule has 1 aromatic heterocycles. The Morgan fingerprint density at radius 3 is 2.93 bits per heavy atom. The Bertz CT molecular complexity index is 292. The molecule has 1 heterocycles. The van der Waals surface area contributed by atoms with Crippen molar-refractivity contribution >= 4 is 11.3 Å². The van der Waals surface area contributed by atoms with Gasteiger partial charge in [0, 0.05) is 9.75 Å². The molecular weight excluding hydrogens is 190 g/mol. The average molecular weight is 209 g/mol. The summed E-state index contributed by atoms with van der Waals surface area (Å²) in [6, 6.07) is 4.63. The summed E-state index contributed by atoms with van der Waals surface area (Å²) in [5, 5.41) is 3.44. The predicted molar refractivity (Wildman–Crippen MR) is 63.1 cm³/mol. The molecule has 0 amide bonds. The van der Waals surface area contributed by atoms with Gasteiger partial charge in [-0.3, -0.25) is 0 Å². The fraction of sp³-hybridized carbons (Fsp3) is 0.667. The van der Waals surface area contributed by atoms with Crippen molar-refractivity contribution in [2.75, 3.05) is 13.1 Å². The summed E-state index contributed by atoms with van der Waals surface area (Å²) in [4.78, 5) is 3.15. The minimum Gasteiger partial charge on any atom is -0.317 e. The Labute approximate surface area is 90.5 Å². The van der Waals surface area contributed by atoms with Gasteiger partial charge in [0.1, 0.15) is 0 Å². The second-order valence-corrected chi connectivity index (χ2v) is 5.27. The molecule has 0 bridgehead atoms. The molecular formula is C12H19NS. The molecule has 1 aromatic rings. The van der Waals surface area contributed by atoms with Crippen LogP contribution in [0.3, 0.4) is 0 Å². The standard InChI is InChI=1S/C12H19NS/c1-3-10-5-6-12(14-10)11-7-9(11)8-13-4-2/h5-6,9,11,13H,3-4,7-8H2,1-2H3. The van der Waals surface area contributed by atoms with Crippen LogP contribution in [0, 0.1) is 5.92 Å². The van der Waals surface area contributed by atoms with Crippen LogP contribution >= 0.6 is 11.3 Å². The maximum absolute atomic E-state index is 3.44. The molecule has 1 aliphatic carbocycles. The average Bonchev–Trinajstić information content (AvgIpc) is 2.82. The third-order valence-corrected chi connectivity index (χ3v) is 4.34. The number of rotatable bonds is 5. The van der Waals surface area contributed by atoms with Gasteiger partial charge in [-0.1, -0.05) is 13.8 Å². The van der Waals surface area contributed by atoms with E-state index in [0.29, 0.717) is 0 Å². The van der Waals surface area contributed by atoms with E-state index in [1.807, 2.05) is 11.3 Å². The smallest absolute Gasteiger partial charge is 0.00825 e. The van der Waals surface area contributed by atoms with Gasteiger partial charge in [-0.2, -0.15) is 0 Å². The zero-order valence-corrected chi connectivity index (χ0v) is 9.86. The summed E-state index contributed by atoms with van der Waals surface area (Å²) in [6.45, 7) is 6.73. The molecule has 0 aromatic carbocycles. The Morgan fingerprint density at radius 1 is 1.43 bits per heavy atom. The van der Waals surface area contributed by atoms with Crippen molar-refractivity contribution in [1.29, 1.82) is 0 Å². The molecule has 2 heteroatoms. The molecule has 2 unspecified atom stereocenters. The van der Waals surface area contributed by atoms with Gasteiger partial charge in [0.05, 0.1) is 0 Å². The van der Waals surface area contributed by atoms with Crippen molar-refractivity contribution in [3.63, 3.8) is 0 Å². The zero-order valence-electron chi connectivity index (χ0n) is 9.05. The van der Waals surface area contributed by atoms with Crippen molar-refractivity contribution in [2.24, 2.45) is 5.92 Å². The lowest BCUT2D eigenvalue weighted by atomic mass is 10.2. The highest BCUT2D eigenvalue weighted by Gasteiger charge is 2.38. The lowest BCUT2D eigenvalue weighted by Gasteiger charge is -1.98. The van der Waals surface area contributed by atoms with Crippen molar-refractivity contribution in [3.05, 3.63) is 21.9 Å². The lowest BCUT2D eigenvalue weighted by molar-refractivity contribution is 0.651. The van der Waals surface area contributed by atoms with Gasteiger partial charge in [-0.15, -0.1) is 11.3 Å². The lowest BCUT2D eigenvalue weighted by Crippen LogP contribution is -2.15. The third kappa shape index (κ3) is 2.18. The van der Waals surface area contributed by atoms with Crippen LogP contribution in [0.15, 0.2) is 12.1 Å². The van der Waals surface area contributed by atoms with E-state index >= 15 is 0 Å². The zero-order chi connectivity index (χ0) is 9.97. The van der Waals surface area contributed by atoms with Gasteiger partial charge in [0.25, 0.3) is 0 Å². The van der Waals surface area contributed by atoms with E-state index in [4.69, 9.17) is 0 Å². The number of aryl methyl sites for hydroxylation is 1. The molecule has 0 radical (unpaired) electrons. The minimum atomic E-state index is 0.874. The normalized spacial score (nSPS) is 25.3.